The molecule has 8 heteroatoms. The number of hydrogen-bond donors (Lipinski definition) is 3. The highest BCUT2D eigenvalue weighted by molar-refractivity contribution is 7.20. The van der Waals surface area contributed by atoms with Crippen LogP contribution in [0.5, 0.6) is 0 Å². The third kappa shape index (κ3) is 5.69. The van der Waals surface area contributed by atoms with Gasteiger partial charge >= 0.3 is 6.03 Å². The summed E-state index contributed by atoms with van der Waals surface area (Å²) >= 11 is 1.23. The zero-order valence-corrected chi connectivity index (χ0v) is 17.9. The summed E-state index contributed by atoms with van der Waals surface area (Å²) in [6.07, 6.45) is 0. The van der Waals surface area contributed by atoms with Gasteiger partial charge in [-0.1, -0.05) is 54.6 Å². The van der Waals surface area contributed by atoms with Crippen molar-refractivity contribution in [3.05, 3.63) is 77.4 Å². The second-order valence-electron chi connectivity index (χ2n) is 7.10. The van der Waals surface area contributed by atoms with Crippen molar-refractivity contribution in [2.24, 2.45) is 11.5 Å². The molecule has 1 aromatic heterocycles. The molecule has 0 aliphatic heterocycles. The van der Waals surface area contributed by atoms with E-state index in [1.54, 1.807) is 6.07 Å². The molecule has 5 N–H and O–H groups in total. The number of rotatable bonds is 8. The fourth-order valence-electron chi connectivity index (χ4n) is 3.16. The quantitative estimate of drug-likeness (QED) is 0.498. The Labute approximate surface area is 184 Å². The monoisotopic (exact) mass is 433 g/mol. The summed E-state index contributed by atoms with van der Waals surface area (Å²) in [6.45, 7) is 3.18. The highest BCUT2D eigenvalue weighted by Gasteiger charge is 2.17. The maximum absolute atomic E-state index is 11.7. The van der Waals surface area contributed by atoms with E-state index in [4.69, 9.17) is 11.5 Å². The lowest BCUT2D eigenvalue weighted by Gasteiger charge is -2.25. The van der Waals surface area contributed by atoms with Crippen LogP contribution in [0.1, 0.15) is 28.4 Å². The van der Waals surface area contributed by atoms with Gasteiger partial charge in [-0.2, -0.15) is 5.26 Å². The minimum atomic E-state index is -0.753. The Hall–Kier alpha value is -3.67. The lowest BCUT2D eigenvalue weighted by molar-refractivity contribution is 0.100. The predicted octanol–water partition coefficient (Wildman–Crippen LogP) is 3.92. The van der Waals surface area contributed by atoms with Gasteiger partial charge in [-0.3, -0.25) is 15.0 Å². The molecule has 1 atom stereocenters. The number of nitrogens with zero attached hydrogens (tertiary/aromatic N) is 2. The van der Waals surface area contributed by atoms with Crippen LogP contribution in [-0.2, 0) is 13.1 Å². The third-order valence-electron chi connectivity index (χ3n) is 4.82. The van der Waals surface area contributed by atoms with Crippen LogP contribution in [0.25, 0.3) is 10.4 Å². The van der Waals surface area contributed by atoms with Crippen LogP contribution in [0, 0.1) is 11.3 Å². The molecule has 2 aromatic carbocycles. The summed E-state index contributed by atoms with van der Waals surface area (Å²) in [5.74, 6) is -0.634. The van der Waals surface area contributed by atoms with Crippen LogP contribution in [0.4, 0.5) is 9.80 Å². The van der Waals surface area contributed by atoms with E-state index in [0.29, 0.717) is 18.1 Å². The fourth-order valence-corrected chi connectivity index (χ4v) is 4.23. The van der Waals surface area contributed by atoms with Gasteiger partial charge in [0.05, 0.1) is 17.7 Å². The van der Waals surface area contributed by atoms with Crippen LogP contribution in [0.3, 0.4) is 0 Å². The minimum absolute atomic E-state index is 0.222. The van der Waals surface area contributed by atoms with Gasteiger partial charge in [-0.05, 0) is 29.7 Å². The van der Waals surface area contributed by atoms with Crippen molar-refractivity contribution in [3.63, 3.8) is 0 Å². The number of thiophene rings is 1. The van der Waals surface area contributed by atoms with Crippen molar-refractivity contribution in [2.75, 3.05) is 5.32 Å². The van der Waals surface area contributed by atoms with Gasteiger partial charge in [0.1, 0.15) is 5.00 Å². The summed E-state index contributed by atoms with van der Waals surface area (Å²) in [7, 11) is 0. The van der Waals surface area contributed by atoms with Crippen molar-refractivity contribution in [3.8, 4) is 16.5 Å². The van der Waals surface area contributed by atoms with Crippen molar-refractivity contribution >= 4 is 28.3 Å². The number of nitrogens with one attached hydrogen (secondary N) is 1. The van der Waals surface area contributed by atoms with Crippen LogP contribution in [0.15, 0.2) is 60.7 Å². The average molecular weight is 434 g/mol. The Morgan fingerprint density at radius 1 is 1.06 bits per heavy atom. The molecule has 0 saturated heterocycles. The van der Waals surface area contributed by atoms with Gasteiger partial charge in [0.15, 0.2) is 0 Å². The topological polar surface area (TPSA) is 125 Å². The van der Waals surface area contributed by atoms with Gasteiger partial charge in [-0.15, -0.1) is 11.3 Å². The van der Waals surface area contributed by atoms with Crippen LogP contribution < -0.4 is 16.8 Å². The number of amides is 3. The first-order valence-corrected chi connectivity index (χ1v) is 10.5. The first-order chi connectivity index (χ1) is 14.9. The number of hydrogen-bond acceptors (Lipinski definition) is 5. The highest BCUT2D eigenvalue weighted by atomic mass is 32.1. The molecule has 0 bridgehead atoms. The van der Waals surface area contributed by atoms with E-state index in [0.717, 1.165) is 21.6 Å². The Morgan fingerprint density at radius 3 is 2.23 bits per heavy atom. The molecule has 0 aliphatic rings. The number of nitrogens with two attached hydrogens (primary N) is 2. The van der Waals surface area contributed by atoms with E-state index in [-0.39, 0.29) is 11.6 Å². The highest BCUT2D eigenvalue weighted by Crippen LogP contribution is 2.35. The van der Waals surface area contributed by atoms with E-state index >= 15 is 0 Å². The largest absolute Gasteiger partial charge is 0.366 e. The summed E-state index contributed by atoms with van der Waals surface area (Å²) < 4.78 is 0. The van der Waals surface area contributed by atoms with E-state index < -0.39 is 11.9 Å². The molecule has 7 nitrogen and oxygen atoms in total. The molecule has 0 fully saturated rings. The van der Waals surface area contributed by atoms with E-state index in [1.807, 2.05) is 61.5 Å². The summed E-state index contributed by atoms with van der Waals surface area (Å²) in [4.78, 5) is 25.8. The number of urea groups is 1. The second kappa shape index (κ2) is 9.89. The first kappa shape index (κ1) is 22.0. The van der Waals surface area contributed by atoms with Crippen molar-refractivity contribution in [1.82, 2.24) is 4.90 Å². The summed E-state index contributed by atoms with van der Waals surface area (Å²) in [5.41, 5.74) is 13.9. The van der Waals surface area contributed by atoms with E-state index in [2.05, 4.69) is 16.3 Å². The van der Waals surface area contributed by atoms with Gasteiger partial charge in [0.2, 0.25) is 0 Å². The molecule has 158 valence electrons. The zero-order chi connectivity index (χ0) is 22.4. The van der Waals surface area contributed by atoms with Crippen molar-refractivity contribution < 1.29 is 9.59 Å². The maximum atomic E-state index is 11.7. The number of nitriles is 1. The first-order valence-electron chi connectivity index (χ1n) is 9.64. The smallest absolute Gasteiger partial charge is 0.317 e. The van der Waals surface area contributed by atoms with Gasteiger partial charge < -0.3 is 11.5 Å². The molecular weight excluding hydrogens is 410 g/mol. The molecule has 0 aliphatic carbocycles. The molecule has 31 heavy (non-hydrogen) atoms. The normalized spacial score (nSPS) is 11.6. The summed E-state index contributed by atoms with van der Waals surface area (Å²) in [5, 5.41) is 12.2. The fraction of sp³-hybridized carbons (Fsp3) is 0.174. The number of carbonyl (C=O) groups is 2. The molecular formula is C23H23N5O2S. The summed E-state index contributed by atoms with van der Waals surface area (Å²) in [6, 6.07) is 20.9. The number of carbonyl (C=O) groups excluding carboxylic acids is 2. The SMILES string of the molecule is CC(C#N)N(Cc1ccccc1)Cc1ccc(-c2cc(C(N)=O)c(NC(N)=O)s2)cc1. The molecule has 0 spiro atoms. The van der Waals surface area contributed by atoms with Gasteiger partial charge in [-0.25, -0.2) is 4.79 Å². The molecule has 1 unspecified atom stereocenters. The maximum Gasteiger partial charge on any atom is 0.317 e. The third-order valence-corrected chi connectivity index (χ3v) is 5.92. The molecule has 1 heterocycles. The standard InChI is InChI=1S/C23H23N5O2S/c1-15(12-24)28(13-16-5-3-2-4-6-16)14-17-7-9-18(10-8-17)20-11-19(21(25)29)22(31-20)27-23(26)30/h2-11,15H,13-14H2,1H3,(H2,25,29)(H3,26,27,30). The molecule has 0 radical (unpaired) electrons. The number of primary amides is 2. The van der Waals surface area contributed by atoms with E-state index in [1.165, 1.54) is 11.3 Å². The van der Waals surface area contributed by atoms with Crippen LogP contribution in [-0.4, -0.2) is 22.9 Å². The van der Waals surface area contributed by atoms with Gasteiger partial charge in [0.25, 0.3) is 5.91 Å². The van der Waals surface area contributed by atoms with Crippen molar-refractivity contribution in [1.29, 1.82) is 5.26 Å². The lowest BCUT2D eigenvalue weighted by Crippen LogP contribution is -2.30. The Bertz CT molecular complexity index is 1100. The Balaban J connectivity index is 1.79. The lowest BCUT2D eigenvalue weighted by atomic mass is 10.1. The Morgan fingerprint density at radius 2 is 1.68 bits per heavy atom. The Kier molecular flexibility index (Phi) is 7.03. The molecule has 3 amide bonds. The van der Waals surface area contributed by atoms with Crippen LogP contribution >= 0.6 is 11.3 Å². The molecule has 3 aromatic rings. The number of anilines is 1. The molecule has 3 rings (SSSR count). The van der Waals surface area contributed by atoms with Crippen molar-refractivity contribution in [2.45, 2.75) is 26.1 Å². The zero-order valence-electron chi connectivity index (χ0n) is 17.0. The molecule has 0 saturated carbocycles. The second-order valence-corrected chi connectivity index (χ2v) is 8.15. The average Bonchev–Trinajstić information content (AvgIpc) is 3.17. The van der Waals surface area contributed by atoms with E-state index in [9.17, 15) is 14.9 Å². The van der Waals surface area contributed by atoms with Gasteiger partial charge in [0, 0.05) is 18.0 Å². The van der Waals surface area contributed by atoms with Crippen LogP contribution in [0.2, 0.25) is 0 Å². The number of benzene rings is 2. The minimum Gasteiger partial charge on any atom is -0.366 e. The predicted molar refractivity (Wildman–Crippen MR) is 122 cm³/mol.